The Balaban J connectivity index is 1.71. The van der Waals surface area contributed by atoms with Gasteiger partial charge in [0.25, 0.3) is 0 Å². The Bertz CT molecular complexity index is 716. The molecular weight excluding hydrogens is 288 g/mol. The maximum absolute atomic E-state index is 11.6. The molecule has 0 unspecified atom stereocenters. The predicted octanol–water partition coefficient (Wildman–Crippen LogP) is 1.42. The summed E-state index contributed by atoms with van der Waals surface area (Å²) in [5.74, 6) is -1.42. The van der Waals surface area contributed by atoms with E-state index in [2.05, 4.69) is 10.3 Å². The van der Waals surface area contributed by atoms with Crippen molar-refractivity contribution in [2.45, 2.75) is 32.1 Å². The first-order chi connectivity index (χ1) is 10.5. The number of nitrogens with one attached hydrogen (secondary N) is 2. The molecule has 22 heavy (non-hydrogen) atoms. The quantitative estimate of drug-likeness (QED) is 0.639. The van der Waals surface area contributed by atoms with Crippen molar-refractivity contribution in [3.63, 3.8) is 0 Å². The number of aliphatic carboxylic acids is 1. The van der Waals surface area contributed by atoms with Crippen molar-refractivity contribution >= 4 is 23.0 Å². The monoisotopic (exact) mass is 306 g/mol. The Kier molecular flexibility index (Phi) is 5.35. The normalized spacial score (nSPS) is 10.7. The summed E-state index contributed by atoms with van der Waals surface area (Å²) < 4.78 is 4.98. The summed E-state index contributed by atoms with van der Waals surface area (Å²) in [6.45, 7) is 0.381. The van der Waals surface area contributed by atoms with E-state index < -0.39 is 11.7 Å². The third-order valence-corrected chi connectivity index (χ3v) is 3.24. The average Bonchev–Trinajstić information content (AvgIpc) is 2.83. The van der Waals surface area contributed by atoms with Crippen LogP contribution in [0.25, 0.3) is 11.1 Å². The zero-order valence-electron chi connectivity index (χ0n) is 12.1. The summed E-state index contributed by atoms with van der Waals surface area (Å²) >= 11 is 0. The minimum Gasteiger partial charge on any atom is -0.481 e. The number of H-pyrrole nitrogens is 1. The molecule has 0 aliphatic carbocycles. The predicted molar refractivity (Wildman–Crippen MR) is 79.7 cm³/mol. The summed E-state index contributed by atoms with van der Waals surface area (Å²) in [6, 6.07) is 5.46. The van der Waals surface area contributed by atoms with E-state index in [1.54, 1.807) is 12.1 Å². The minimum absolute atomic E-state index is 0.0577. The molecule has 0 saturated heterocycles. The van der Waals surface area contributed by atoms with Crippen LogP contribution in [0.15, 0.2) is 27.4 Å². The van der Waals surface area contributed by atoms with Gasteiger partial charge in [-0.1, -0.05) is 6.07 Å². The van der Waals surface area contributed by atoms with Gasteiger partial charge in [0, 0.05) is 19.4 Å². The molecule has 0 fully saturated rings. The highest BCUT2D eigenvalue weighted by atomic mass is 16.4. The molecule has 7 heteroatoms. The molecule has 1 aromatic heterocycles. The molecule has 0 radical (unpaired) electrons. The van der Waals surface area contributed by atoms with Crippen LogP contribution in [0.5, 0.6) is 0 Å². The van der Waals surface area contributed by atoms with Gasteiger partial charge >= 0.3 is 11.7 Å². The number of aromatic amines is 1. The van der Waals surface area contributed by atoms with Crippen LogP contribution >= 0.6 is 0 Å². The summed E-state index contributed by atoms with van der Waals surface area (Å²) in [6.07, 6.45) is 2.24. The van der Waals surface area contributed by atoms with E-state index in [4.69, 9.17) is 9.52 Å². The van der Waals surface area contributed by atoms with Gasteiger partial charge in [0.1, 0.15) is 0 Å². The van der Waals surface area contributed by atoms with Gasteiger partial charge in [-0.2, -0.15) is 0 Å². The van der Waals surface area contributed by atoms with Gasteiger partial charge in [0.05, 0.1) is 5.52 Å². The van der Waals surface area contributed by atoms with Crippen LogP contribution in [0.4, 0.5) is 0 Å². The first kappa shape index (κ1) is 15.8. The third-order valence-electron chi connectivity index (χ3n) is 3.24. The lowest BCUT2D eigenvalue weighted by Gasteiger charge is -2.04. The molecule has 2 rings (SSSR count). The molecule has 0 spiro atoms. The smallest absolute Gasteiger partial charge is 0.417 e. The summed E-state index contributed by atoms with van der Waals surface area (Å²) in [5, 5.41) is 11.2. The number of carbonyl (C=O) groups excluding carboxylic acids is 1. The lowest BCUT2D eigenvalue weighted by atomic mass is 10.1. The highest BCUT2D eigenvalue weighted by Crippen LogP contribution is 2.14. The first-order valence-corrected chi connectivity index (χ1v) is 7.15. The van der Waals surface area contributed by atoms with Gasteiger partial charge in [-0.3, -0.25) is 14.6 Å². The van der Waals surface area contributed by atoms with E-state index in [1.165, 1.54) is 0 Å². The van der Waals surface area contributed by atoms with Gasteiger partial charge in [-0.05, 0) is 37.0 Å². The minimum atomic E-state index is -0.860. The zero-order chi connectivity index (χ0) is 15.9. The third kappa shape index (κ3) is 4.76. The topological polar surface area (TPSA) is 112 Å². The van der Waals surface area contributed by atoms with E-state index in [0.717, 1.165) is 5.56 Å². The van der Waals surface area contributed by atoms with E-state index in [1.807, 2.05) is 6.07 Å². The number of hydrogen-bond donors (Lipinski definition) is 3. The summed E-state index contributed by atoms with van der Waals surface area (Å²) in [5.41, 5.74) is 2.17. The Labute approximate surface area is 126 Å². The van der Waals surface area contributed by atoms with Crippen LogP contribution in [-0.2, 0) is 16.0 Å². The van der Waals surface area contributed by atoms with E-state index >= 15 is 0 Å². The van der Waals surface area contributed by atoms with E-state index in [9.17, 15) is 14.4 Å². The highest BCUT2D eigenvalue weighted by molar-refractivity contribution is 5.76. The number of carboxylic acids is 1. The van der Waals surface area contributed by atoms with E-state index in [-0.39, 0.29) is 12.3 Å². The number of fused-ring (bicyclic) bond motifs is 1. The zero-order valence-corrected chi connectivity index (χ0v) is 12.1. The Morgan fingerprint density at radius 2 is 2.05 bits per heavy atom. The molecule has 0 aliphatic rings. The van der Waals surface area contributed by atoms with Gasteiger partial charge < -0.3 is 14.8 Å². The Morgan fingerprint density at radius 3 is 2.82 bits per heavy atom. The molecule has 1 aromatic carbocycles. The number of aryl methyl sites for hydroxylation is 1. The van der Waals surface area contributed by atoms with Gasteiger partial charge in [-0.15, -0.1) is 0 Å². The molecule has 7 nitrogen and oxygen atoms in total. The maximum atomic E-state index is 11.6. The second kappa shape index (κ2) is 7.44. The summed E-state index contributed by atoms with van der Waals surface area (Å²) in [7, 11) is 0. The second-order valence-electron chi connectivity index (χ2n) is 5.05. The highest BCUT2D eigenvalue weighted by Gasteiger charge is 2.05. The van der Waals surface area contributed by atoms with Crippen molar-refractivity contribution in [3.8, 4) is 0 Å². The van der Waals surface area contributed by atoms with Crippen LogP contribution in [0.2, 0.25) is 0 Å². The molecule has 1 heterocycles. The van der Waals surface area contributed by atoms with Gasteiger partial charge in [0.2, 0.25) is 5.91 Å². The maximum Gasteiger partial charge on any atom is 0.417 e. The van der Waals surface area contributed by atoms with Crippen molar-refractivity contribution in [1.29, 1.82) is 0 Å². The molecule has 0 bridgehead atoms. The molecule has 0 saturated carbocycles. The number of rotatable bonds is 8. The van der Waals surface area contributed by atoms with Crippen LogP contribution in [-0.4, -0.2) is 28.5 Å². The van der Waals surface area contributed by atoms with Crippen molar-refractivity contribution < 1.29 is 19.1 Å². The first-order valence-electron chi connectivity index (χ1n) is 7.15. The molecule has 3 N–H and O–H groups in total. The number of aromatic nitrogens is 1. The average molecular weight is 306 g/mol. The fourth-order valence-electron chi connectivity index (χ4n) is 2.15. The van der Waals surface area contributed by atoms with Gasteiger partial charge in [-0.25, -0.2) is 4.79 Å². The van der Waals surface area contributed by atoms with Gasteiger partial charge in [0.15, 0.2) is 5.58 Å². The molecule has 2 aromatic rings. The molecule has 118 valence electrons. The molecule has 0 aliphatic heterocycles. The number of amides is 1. The van der Waals surface area contributed by atoms with Crippen molar-refractivity contribution in [2.75, 3.05) is 6.54 Å². The molecule has 1 amide bonds. The number of benzene rings is 1. The van der Waals surface area contributed by atoms with Crippen molar-refractivity contribution in [1.82, 2.24) is 10.3 Å². The van der Waals surface area contributed by atoms with Crippen LogP contribution in [0, 0.1) is 0 Å². The number of hydrogen-bond acceptors (Lipinski definition) is 4. The van der Waals surface area contributed by atoms with Crippen LogP contribution in [0.3, 0.4) is 0 Å². The fraction of sp³-hybridized carbons (Fsp3) is 0.400. The number of carbonyl (C=O) groups is 2. The standard InChI is InChI=1S/C15H18N2O5/c18-13(16-8-2-5-14(19)20)4-1-3-10-6-7-11-12(9-10)22-15(21)17-11/h6-7,9H,1-5,8H2,(H,16,18)(H,17,21)(H,19,20). The Morgan fingerprint density at radius 1 is 1.23 bits per heavy atom. The lowest BCUT2D eigenvalue weighted by Crippen LogP contribution is -2.24. The van der Waals surface area contributed by atoms with E-state index in [0.29, 0.717) is 43.3 Å². The SMILES string of the molecule is O=C(O)CCCNC(=O)CCCc1ccc2[nH]c(=O)oc2c1. The fourth-order valence-corrected chi connectivity index (χ4v) is 2.15. The van der Waals surface area contributed by atoms with Crippen LogP contribution < -0.4 is 11.1 Å². The largest absolute Gasteiger partial charge is 0.481 e. The molecule has 0 atom stereocenters. The van der Waals surface area contributed by atoms with Crippen molar-refractivity contribution in [2.24, 2.45) is 0 Å². The summed E-state index contributed by atoms with van der Waals surface area (Å²) in [4.78, 5) is 35.5. The van der Waals surface area contributed by atoms with Crippen LogP contribution in [0.1, 0.15) is 31.2 Å². The second-order valence-corrected chi connectivity index (χ2v) is 5.05. The Hall–Kier alpha value is -2.57. The number of carboxylic acid groups (broad SMARTS) is 1. The number of oxazole rings is 1. The molecular formula is C15H18N2O5. The van der Waals surface area contributed by atoms with Crippen molar-refractivity contribution in [3.05, 3.63) is 34.3 Å². The lowest BCUT2D eigenvalue weighted by molar-refractivity contribution is -0.137.